The monoisotopic (exact) mass is 393 g/mol. The number of hydrogen-bond donors (Lipinski definition) is 1. The van der Waals surface area contributed by atoms with Gasteiger partial charge in [0.15, 0.2) is 0 Å². The van der Waals surface area contributed by atoms with Crippen LogP contribution in [0.2, 0.25) is 0 Å². The normalized spacial score (nSPS) is 20.4. The van der Waals surface area contributed by atoms with Gasteiger partial charge < -0.3 is 15.0 Å². The van der Waals surface area contributed by atoms with E-state index in [2.05, 4.69) is 69.7 Å². The van der Waals surface area contributed by atoms with Crippen LogP contribution < -0.4 is 10.1 Å². The second kappa shape index (κ2) is 10.2. The fourth-order valence-corrected chi connectivity index (χ4v) is 4.54. The smallest absolute Gasteiger partial charge is 0.118 e. The number of piperidine rings is 1. The predicted octanol–water partition coefficient (Wildman–Crippen LogP) is 3.22. The van der Waals surface area contributed by atoms with Crippen LogP contribution in [0.15, 0.2) is 54.6 Å². The summed E-state index contributed by atoms with van der Waals surface area (Å²) in [6, 6.07) is 20.9. The highest BCUT2D eigenvalue weighted by Gasteiger charge is 2.34. The van der Waals surface area contributed by atoms with Crippen molar-refractivity contribution in [2.45, 2.75) is 37.8 Å². The number of nitrogens with one attached hydrogen (secondary N) is 1. The summed E-state index contributed by atoms with van der Waals surface area (Å²) in [6.45, 7) is 7.23. The number of benzene rings is 2. The van der Waals surface area contributed by atoms with Crippen molar-refractivity contribution < 1.29 is 4.74 Å². The minimum absolute atomic E-state index is 0.549. The molecule has 3 aliphatic heterocycles. The highest BCUT2D eigenvalue weighted by atomic mass is 16.5. The summed E-state index contributed by atoms with van der Waals surface area (Å²) in [7, 11) is 1.72. The van der Waals surface area contributed by atoms with Crippen LogP contribution in [0.5, 0.6) is 5.75 Å². The second-order valence-corrected chi connectivity index (χ2v) is 8.45. The number of hydrogen-bond acceptors (Lipinski definition) is 4. The van der Waals surface area contributed by atoms with Gasteiger partial charge >= 0.3 is 0 Å². The molecule has 0 spiro atoms. The number of fused-ring (bicyclic) bond motifs is 1. The Labute approximate surface area is 175 Å². The van der Waals surface area contributed by atoms with Crippen LogP contribution in [0, 0.1) is 0 Å². The van der Waals surface area contributed by atoms with Crippen molar-refractivity contribution in [2.75, 3.05) is 46.4 Å². The van der Waals surface area contributed by atoms with Gasteiger partial charge in [-0.2, -0.15) is 0 Å². The van der Waals surface area contributed by atoms with Gasteiger partial charge in [-0.3, -0.25) is 4.90 Å². The summed E-state index contributed by atoms with van der Waals surface area (Å²) in [5.74, 6) is 0.926. The molecular weight excluding hydrogens is 358 g/mol. The molecule has 1 N–H and O–H groups in total. The topological polar surface area (TPSA) is 27.7 Å². The van der Waals surface area contributed by atoms with Crippen molar-refractivity contribution in [1.82, 2.24) is 15.1 Å². The molecule has 1 atom stereocenters. The number of piperazine rings is 1. The number of nitrogens with zero attached hydrogens (tertiary/aromatic N) is 2. The molecule has 0 aliphatic carbocycles. The molecule has 156 valence electrons. The third-order valence-corrected chi connectivity index (χ3v) is 6.63. The van der Waals surface area contributed by atoms with E-state index in [0.29, 0.717) is 6.04 Å². The fourth-order valence-electron chi connectivity index (χ4n) is 4.54. The first-order chi connectivity index (χ1) is 14.3. The Morgan fingerprint density at radius 3 is 1.93 bits per heavy atom. The van der Waals surface area contributed by atoms with E-state index in [4.69, 9.17) is 4.74 Å². The van der Waals surface area contributed by atoms with Crippen LogP contribution in [-0.4, -0.2) is 68.3 Å². The molecule has 4 heteroatoms. The molecule has 0 aromatic heterocycles. The van der Waals surface area contributed by atoms with Crippen molar-refractivity contribution in [3.05, 3.63) is 65.7 Å². The van der Waals surface area contributed by atoms with Crippen LogP contribution in [-0.2, 0) is 12.8 Å². The quantitative estimate of drug-likeness (QED) is 0.816. The molecule has 0 saturated carbocycles. The average molecular weight is 394 g/mol. The third-order valence-electron chi connectivity index (χ3n) is 6.63. The van der Waals surface area contributed by atoms with Crippen molar-refractivity contribution in [3.8, 4) is 5.75 Å². The van der Waals surface area contributed by atoms with Crippen LogP contribution in [0.4, 0.5) is 0 Å². The minimum atomic E-state index is 0.549. The molecule has 4 nitrogen and oxygen atoms in total. The SMILES string of the molecule is C1CN2CCC12.COc1ccc(CC(Cc2ccccc2)N2CCNCC2)cc1. The molecule has 2 aromatic rings. The van der Waals surface area contributed by atoms with E-state index in [-0.39, 0.29) is 0 Å². The summed E-state index contributed by atoms with van der Waals surface area (Å²) in [5, 5.41) is 3.45. The van der Waals surface area contributed by atoms with Crippen molar-refractivity contribution in [2.24, 2.45) is 0 Å². The van der Waals surface area contributed by atoms with E-state index < -0.39 is 0 Å². The summed E-state index contributed by atoms with van der Waals surface area (Å²) >= 11 is 0. The van der Waals surface area contributed by atoms with Gasteiger partial charge in [0.1, 0.15) is 5.75 Å². The first kappa shape index (κ1) is 20.4. The molecule has 3 aliphatic rings. The largest absolute Gasteiger partial charge is 0.497 e. The number of rotatable bonds is 6. The maximum Gasteiger partial charge on any atom is 0.118 e. The van der Waals surface area contributed by atoms with E-state index >= 15 is 0 Å². The summed E-state index contributed by atoms with van der Waals surface area (Å²) in [4.78, 5) is 5.16. The molecule has 3 saturated heterocycles. The van der Waals surface area contributed by atoms with Gasteiger partial charge in [0.25, 0.3) is 0 Å². The highest BCUT2D eigenvalue weighted by molar-refractivity contribution is 5.28. The van der Waals surface area contributed by atoms with Crippen LogP contribution in [0.3, 0.4) is 0 Å². The molecule has 0 bridgehead atoms. The van der Waals surface area contributed by atoms with Gasteiger partial charge in [0.2, 0.25) is 0 Å². The number of methoxy groups -OCH3 is 1. The molecular formula is C25H35N3O. The lowest BCUT2D eigenvalue weighted by atomic mass is 9.91. The van der Waals surface area contributed by atoms with Gasteiger partial charge in [-0.05, 0) is 62.0 Å². The Morgan fingerprint density at radius 1 is 0.862 bits per heavy atom. The standard InChI is InChI=1S/C20H26N2O.C5H9N/c1-23-20-9-7-18(8-10-20)16-19(22-13-11-21-12-14-22)15-17-5-3-2-4-6-17;1-3-6-4-2-5(1)6/h2-10,19,21H,11-16H2,1H3;5H,1-4H2. The Hall–Kier alpha value is -1.88. The van der Waals surface area contributed by atoms with Gasteiger partial charge in [0, 0.05) is 38.3 Å². The lowest BCUT2D eigenvalue weighted by molar-refractivity contribution is -0.00222. The Balaban J connectivity index is 0.000000286. The fraction of sp³-hybridized carbons (Fsp3) is 0.520. The first-order valence-electron chi connectivity index (χ1n) is 11.2. The third kappa shape index (κ3) is 5.59. The van der Waals surface area contributed by atoms with E-state index in [1.165, 1.54) is 37.1 Å². The lowest BCUT2D eigenvalue weighted by Crippen LogP contribution is -2.57. The maximum absolute atomic E-state index is 5.27. The van der Waals surface area contributed by atoms with E-state index in [9.17, 15) is 0 Å². The van der Waals surface area contributed by atoms with Gasteiger partial charge in [0.05, 0.1) is 7.11 Å². The second-order valence-electron chi connectivity index (χ2n) is 8.45. The Bertz CT molecular complexity index is 709. The van der Waals surface area contributed by atoms with Crippen molar-refractivity contribution in [1.29, 1.82) is 0 Å². The van der Waals surface area contributed by atoms with Crippen molar-refractivity contribution >= 4 is 0 Å². The zero-order valence-corrected chi connectivity index (χ0v) is 17.7. The van der Waals surface area contributed by atoms with Crippen LogP contribution in [0.1, 0.15) is 24.0 Å². The molecule has 3 heterocycles. The van der Waals surface area contributed by atoms with Crippen LogP contribution >= 0.6 is 0 Å². The van der Waals surface area contributed by atoms with E-state index in [1.807, 2.05) is 0 Å². The predicted molar refractivity (Wildman–Crippen MR) is 120 cm³/mol. The number of ether oxygens (including phenoxy) is 1. The molecule has 1 unspecified atom stereocenters. The zero-order chi connectivity index (χ0) is 19.9. The zero-order valence-electron chi connectivity index (χ0n) is 17.7. The van der Waals surface area contributed by atoms with Gasteiger partial charge in [-0.1, -0.05) is 42.5 Å². The van der Waals surface area contributed by atoms with Gasteiger partial charge in [-0.25, -0.2) is 0 Å². The maximum atomic E-state index is 5.27. The van der Waals surface area contributed by atoms with Gasteiger partial charge in [-0.15, -0.1) is 0 Å². The highest BCUT2D eigenvalue weighted by Crippen LogP contribution is 2.28. The summed E-state index contributed by atoms with van der Waals surface area (Å²) in [6.07, 6.45) is 5.16. The average Bonchev–Trinajstić information content (AvgIpc) is 2.78. The summed E-state index contributed by atoms with van der Waals surface area (Å²) < 4.78 is 5.27. The first-order valence-corrected chi connectivity index (χ1v) is 11.2. The molecule has 0 radical (unpaired) electrons. The lowest BCUT2D eigenvalue weighted by Gasteiger charge is -2.50. The molecule has 29 heavy (non-hydrogen) atoms. The molecule has 0 amide bonds. The summed E-state index contributed by atoms with van der Waals surface area (Å²) in [5.41, 5.74) is 2.80. The minimum Gasteiger partial charge on any atom is -0.497 e. The Morgan fingerprint density at radius 2 is 1.45 bits per heavy atom. The molecule has 5 rings (SSSR count). The van der Waals surface area contributed by atoms with Crippen molar-refractivity contribution in [3.63, 3.8) is 0 Å². The Kier molecular flexibility index (Phi) is 7.20. The van der Waals surface area contributed by atoms with Crippen LogP contribution in [0.25, 0.3) is 0 Å². The van der Waals surface area contributed by atoms with E-state index in [1.54, 1.807) is 7.11 Å². The van der Waals surface area contributed by atoms with E-state index in [0.717, 1.165) is 50.8 Å². The molecule has 2 aromatic carbocycles. The molecule has 3 fully saturated rings.